The van der Waals surface area contributed by atoms with Crippen molar-refractivity contribution in [1.29, 1.82) is 0 Å². The Hall–Kier alpha value is -1.13. The predicted molar refractivity (Wildman–Crippen MR) is 55.5 cm³/mol. The van der Waals surface area contributed by atoms with E-state index < -0.39 is 0 Å². The van der Waals surface area contributed by atoms with Crippen LogP contribution in [0.2, 0.25) is 5.15 Å². The number of rotatable bonds is 2. The van der Waals surface area contributed by atoms with E-state index in [-0.39, 0.29) is 12.5 Å². The zero-order chi connectivity index (χ0) is 10.7. The standard InChI is InChI=1S/C10H11ClN2O2/c11-10-8(2-1-3-12-10)6-13-4-5-15-7-9(13)14/h1-3H,4-7H2. The molecule has 0 spiro atoms. The Balaban J connectivity index is 2.08. The number of amides is 1. The molecule has 2 rings (SSSR count). The third-order valence-electron chi connectivity index (χ3n) is 2.28. The molecule has 1 aliphatic heterocycles. The van der Waals surface area contributed by atoms with Crippen molar-refractivity contribution in [3.05, 3.63) is 29.0 Å². The number of hydrogen-bond acceptors (Lipinski definition) is 3. The van der Waals surface area contributed by atoms with Gasteiger partial charge in [0, 0.05) is 24.8 Å². The Bertz CT molecular complexity index is 370. The molecule has 0 saturated carbocycles. The van der Waals surface area contributed by atoms with Crippen molar-refractivity contribution in [1.82, 2.24) is 9.88 Å². The first-order valence-corrected chi connectivity index (χ1v) is 5.10. The first-order valence-electron chi connectivity index (χ1n) is 4.72. The van der Waals surface area contributed by atoms with Crippen LogP contribution in [0.3, 0.4) is 0 Å². The van der Waals surface area contributed by atoms with Gasteiger partial charge in [0.15, 0.2) is 0 Å². The topological polar surface area (TPSA) is 42.4 Å². The summed E-state index contributed by atoms with van der Waals surface area (Å²) in [6.07, 6.45) is 1.63. The van der Waals surface area contributed by atoms with Crippen molar-refractivity contribution in [3.63, 3.8) is 0 Å². The van der Waals surface area contributed by atoms with Gasteiger partial charge < -0.3 is 9.64 Å². The molecule has 1 aliphatic rings. The second-order valence-electron chi connectivity index (χ2n) is 3.32. The maximum Gasteiger partial charge on any atom is 0.248 e. The summed E-state index contributed by atoms with van der Waals surface area (Å²) in [5, 5.41) is 0.455. The number of hydrogen-bond donors (Lipinski definition) is 0. The van der Waals surface area contributed by atoms with Crippen molar-refractivity contribution in [3.8, 4) is 0 Å². The fourth-order valence-corrected chi connectivity index (χ4v) is 1.64. The molecule has 0 bridgehead atoms. The number of halogens is 1. The summed E-state index contributed by atoms with van der Waals surface area (Å²) in [6, 6.07) is 3.68. The van der Waals surface area contributed by atoms with Gasteiger partial charge in [0.2, 0.25) is 5.91 Å². The molecule has 0 aromatic carbocycles. The van der Waals surface area contributed by atoms with Crippen LogP contribution in [0.1, 0.15) is 5.56 Å². The summed E-state index contributed by atoms with van der Waals surface area (Å²) >= 11 is 5.91. The second kappa shape index (κ2) is 4.59. The van der Waals surface area contributed by atoms with Gasteiger partial charge >= 0.3 is 0 Å². The molecule has 1 fully saturated rings. The molecule has 0 unspecified atom stereocenters. The van der Waals surface area contributed by atoms with E-state index in [4.69, 9.17) is 16.3 Å². The SMILES string of the molecule is O=C1COCCN1Cc1cccnc1Cl. The average molecular weight is 227 g/mol. The summed E-state index contributed by atoms with van der Waals surface area (Å²) in [5.41, 5.74) is 0.870. The number of morpholine rings is 1. The van der Waals surface area contributed by atoms with Crippen molar-refractivity contribution < 1.29 is 9.53 Å². The fraction of sp³-hybridized carbons (Fsp3) is 0.400. The fourth-order valence-electron chi connectivity index (χ4n) is 1.46. The van der Waals surface area contributed by atoms with Crippen LogP contribution in [0.25, 0.3) is 0 Å². The van der Waals surface area contributed by atoms with Gasteiger partial charge in [-0.2, -0.15) is 0 Å². The molecule has 0 radical (unpaired) electrons. The lowest BCUT2D eigenvalue weighted by molar-refractivity contribution is -0.143. The van der Waals surface area contributed by atoms with Crippen LogP contribution in [-0.2, 0) is 16.1 Å². The van der Waals surface area contributed by atoms with Crippen molar-refractivity contribution >= 4 is 17.5 Å². The molecule has 15 heavy (non-hydrogen) atoms. The third kappa shape index (κ3) is 2.46. The van der Waals surface area contributed by atoms with Gasteiger partial charge in [-0.25, -0.2) is 4.98 Å². The molecule has 0 N–H and O–H groups in total. The highest BCUT2D eigenvalue weighted by atomic mass is 35.5. The number of nitrogens with zero attached hydrogens (tertiary/aromatic N) is 2. The van der Waals surface area contributed by atoms with Gasteiger partial charge in [-0.1, -0.05) is 17.7 Å². The lowest BCUT2D eigenvalue weighted by Crippen LogP contribution is -2.41. The monoisotopic (exact) mass is 226 g/mol. The van der Waals surface area contributed by atoms with E-state index >= 15 is 0 Å². The van der Waals surface area contributed by atoms with Crippen LogP contribution >= 0.6 is 11.6 Å². The summed E-state index contributed by atoms with van der Waals surface area (Å²) in [5.74, 6) is 0.00108. The van der Waals surface area contributed by atoms with Gasteiger partial charge in [0.1, 0.15) is 11.8 Å². The molecule has 4 nitrogen and oxygen atoms in total. The van der Waals surface area contributed by atoms with Crippen LogP contribution < -0.4 is 0 Å². The molecule has 1 aromatic heterocycles. The first kappa shape index (κ1) is 10.4. The number of carbonyl (C=O) groups is 1. The van der Waals surface area contributed by atoms with E-state index in [1.807, 2.05) is 12.1 Å². The lowest BCUT2D eigenvalue weighted by Gasteiger charge is -2.26. The minimum absolute atomic E-state index is 0.00108. The molecule has 0 atom stereocenters. The van der Waals surface area contributed by atoms with Crippen LogP contribution in [0.5, 0.6) is 0 Å². The molecule has 0 aliphatic carbocycles. The predicted octanol–water partition coefficient (Wildman–Crippen LogP) is 1.09. The normalized spacial score (nSPS) is 16.9. The van der Waals surface area contributed by atoms with Gasteiger partial charge in [-0.15, -0.1) is 0 Å². The van der Waals surface area contributed by atoms with E-state index in [0.29, 0.717) is 24.8 Å². The molecule has 1 saturated heterocycles. The minimum Gasteiger partial charge on any atom is -0.370 e. The van der Waals surface area contributed by atoms with E-state index in [1.54, 1.807) is 11.1 Å². The van der Waals surface area contributed by atoms with Crippen LogP contribution in [0, 0.1) is 0 Å². The highest BCUT2D eigenvalue weighted by Gasteiger charge is 2.19. The Kier molecular flexibility index (Phi) is 3.18. The van der Waals surface area contributed by atoms with E-state index in [2.05, 4.69) is 4.98 Å². The van der Waals surface area contributed by atoms with Crippen LogP contribution in [0.15, 0.2) is 18.3 Å². The zero-order valence-corrected chi connectivity index (χ0v) is 8.91. The van der Waals surface area contributed by atoms with E-state index in [1.165, 1.54) is 0 Å². The summed E-state index contributed by atoms with van der Waals surface area (Å²) in [4.78, 5) is 17.1. The van der Waals surface area contributed by atoms with Crippen molar-refractivity contribution in [2.45, 2.75) is 6.54 Å². The zero-order valence-electron chi connectivity index (χ0n) is 8.15. The smallest absolute Gasteiger partial charge is 0.248 e. The highest BCUT2D eigenvalue weighted by molar-refractivity contribution is 6.30. The Labute approximate surface area is 92.8 Å². The molecule has 1 aromatic rings. The maximum atomic E-state index is 11.4. The van der Waals surface area contributed by atoms with Gasteiger partial charge in [0.25, 0.3) is 0 Å². The van der Waals surface area contributed by atoms with Crippen molar-refractivity contribution in [2.24, 2.45) is 0 Å². The van der Waals surface area contributed by atoms with E-state index in [9.17, 15) is 4.79 Å². The molecular weight excluding hydrogens is 216 g/mol. The molecule has 2 heterocycles. The second-order valence-corrected chi connectivity index (χ2v) is 3.68. The average Bonchev–Trinajstić information content (AvgIpc) is 2.24. The largest absolute Gasteiger partial charge is 0.370 e. The van der Waals surface area contributed by atoms with Gasteiger partial charge in [-0.3, -0.25) is 4.79 Å². The minimum atomic E-state index is 0.00108. The van der Waals surface area contributed by atoms with E-state index in [0.717, 1.165) is 5.56 Å². The molecule has 80 valence electrons. The van der Waals surface area contributed by atoms with Gasteiger partial charge in [-0.05, 0) is 6.07 Å². The Morgan fingerprint density at radius 1 is 1.60 bits per heavy atom. The number of aromatic nitrogens is 1. The molecule has 5 heteroatoms. The Morgan fingerprint density at radius 3 is 3.20 bits per heavy atom. The molecular formula is C10H11ClN2O2. The summed E-state index contributed by atoms with van der Waals surface area (Å²) in [7, 11) is 0. The lowest BCUT2D eigenvalue weighted by atomic mass is 10.2. The van der Waals surface area contributed by atoms with Gasteiger partial charge in [0.05, 0.1) is 6.61 Å². The third-order valence-corrected chi connectivity index (χ3v) is 2.62. The highest BCUT2D eigenvalue weighted by Crippen LogP contribution is 2.15. The number of carbonyl (C=O) groups excluding carboxylic acids is 1. The number of ether oxygens (including phenoxy) is 1. The molecule has 1 amide bonds. The van der Waals surface area contributed by atoms with Crippen LogP contribution in [-0.4, -0.2) is 35.5 Å². The first-order chi connectivity index (χ1) is 7.27. The van der Waals surface area contributed by atoms with Crippen molar-refractivity contribution in [2.75, 3.05) is 19.8 Å². The van der Waals surface area contributed by atoms with Crippen LogP contribution in [0.4, 0.5) is 0 Å². The summed E-state index contributed by atoms with van der Waals surface area (Å²) in [6.45, 7) is 1.88. The maximum absolute atomic E-state index is 11.4. The summed E-state index contributed by atoms with van der Waals surface area (Å²) < 4.78 is 5.04. The number of pyridine rings is 1. The Morgan fingerprint density at radius 2 is 2.47 bits per heavy atom. The quantitative estimate of drug-likeness (QED) is 0.709.